The molecule has 0 amide bonds. The lowest BCUT2D eigenvalue weighted by Gasteiger charge is -2.03. The van der Waals surface area contributed by atoms with E-state index in [4.69, 9.17) is 10.00 Å². The largest absolute Gasteiger partial charge is 0.454 e. The van der Waals surface area contributed by atoms with E-state index in [2.05, 4.69) is 9.97 Å². The van der Waals surface area contributed by atoms with Gasteiger partial charge < -0.3 is 4.74 Å². The molecule has 0 unspecified atom stereocenters. The highest BCUT2D eigenvalue weighted by atomic mass is 16.5. The molecule has 0 aliphatic heterocycles. The van der Waals surface area contributed by atoms with Crippen LogP contribution in [0.3, 0.4) is 0 Å². The van der Waals surface area contributed by atoms with Crippen LogP contribution in [0.1, 0.15) is 5.56 Å². The summed E-state index contributed by atoms with van der Waals surface area (Å²) in [5.41, 5.74) is 0.603. The highest BCUT2D eigenvalue weighted by Crippen LogP contribution is 2.19. The number of ether oxygens (including phenoxy) is 1. The van der Waals surface area contributed by atoms with Gasteiger partial charge in [-0.1, -0.05) is 0 Å². The van der Waals surface area contributed by atoms with Crippen molar-refractivity contribution in [3.8, 4) is 17.6 Å². The highest BCUT2D eigenvalue weighted by Gasteiger charge is 1.97. The minimum atomic E-state index is 0.571. The maximum absolute atomic E-state index is 8.61. The van der Waals surface area contributed by atoms with E-state index in [1.165, 1.54) is 6.33 Å². The fraction of sp³-hybridized carbons (Fsp3) is 0. The van der Waals surface area contributed by atoms with Crippen LogP contribution in [0, 0.1) is 11.3 Å². The molecule has 4 heteroatoms. The van der Waals surface area contributed by atoms with Gasteiger partial charge in [0.25, 0.3) is 0 Å². The number of aromatic nitrogens is 2. The molecule has 0 aliphatic rings. The summed E-state index contributed by atoms with van der Waals surface area (Å²) in [7, 11) is 0. The Morgan fingerprint density at radius 1 is 1.00 bits per heavy atom. The first-order valence-corrected chi connectivity index (χ1v) is 4.31. The van der Waals surface area contributed by atoms with Crippen molar-refractivity contribution in [1.29, 1.82) is 5.26 Å². The Labute approximate surface area is 86.8 Å². The Bertz CT molecular complexity index is 473. The molecule has 0 saturated heterocycles. The standard InChI is InChI=1S/C11H7N3O/c12-5-9-1-3-10(4-2-9)15-11-6-13-8-14-7-11/h1-4,6-8H. The van der Waals surface area contributed by atoms with Crippen LogP contribution < -0.4 is 4.74 Å². The molecule has 4 nitrogen and oxygen atoms in total. The summed E-state index contributed by atoms with van der Waals surface area (Å²) in [6.45, 7) is 0. The molecule has 15 heavy (non-hydrogen) atoms. The molecule has 0 fully saturated rings. The zero-order valence-electron chi connectivity index (χ0n) is 7.79. The van der Waals surface area contributed by atoms with E-state index in [1.807, 2.05) is 6.07 Å². The van der Waals surface area contributed by atoms with Gasteiger partial charge in [0.05, 0.1) is 24.0 Å². The average Bonchev–Trinajstić information content (AvgIpc) is 2.31. The van der Waals surface area contributed by atoms with E-state index in [1.54, 1.807) is 36.7 Å². The predicted molar refractivity (Wildman–Crippen MR) is 53.3 cm³/mol. The number of nitrogens with zero attached hydrogens (tertiary/aromatic N) is 3. The van der Waals surface area contributed by atoms with Crippen LogP contribution in [-0.4, -0.2) is 9.97 Å². The Morgan fingerprint density at radius 2 is 1.67 bits per heavy atom. The first-order valence-electron chi connectivity index (χ1n) is 4.31. The molecule has 0 saturated carbocycles. The van der Waals surface area contributed by atoms with Crippen LogP contribution in [0.15, 0.2) is 43.0 Å². The van der Waals surface area contributed by atoms with Crippen molar-refractivity contribution in [1.82, 2.24) is 9.97 Å². The number of hydrogen-bond acceptors (Lipinski definition) is 4. The lowest BCUT2D eigenvalue weighted by molar-refractivity contribution is 0.477. The van der Waals surface area contributed by atoms with Crippen molar-refractivity contribution in [2.75, 3.05) is 0 Å². The fourth-order valence-corrected chi connectivity index (χ4v) is 1.07. The van der Waals surface area contributed by atoms with Crippen LogP contribution in [-0.2, 0) is 0 Å². The first kappa shape index (κ1) is 9.16. The van der Waals surface area contributed by atoms with Crippen molar-refractivity contribution in [3.63, 3.8) is 0 Å². The summed E-state index contributed by atoms with van der Waals surface area (Å²) in [5.74, 6) is 1.23. The van der Waals surface area contributed by atoms with Crippen LogP contribution in [0.25, 0.3) is 0 Å². The van der Waals surface area contributed by atoms with Gasteiger partial charge in [0, 0.05) is 0 Å². The molecule has 2 aromatic rings. The van der Waals surface area contributed by atoms with Crippen LogP contribution in [0.2, 0.25) is 0 Å². The van der Waals surface area contributed by atoms with E-state index >= 15 is 0 Å². The molecule has 0 bridgehead atoms. The van der Waals surface area contributed by atoms with Crippen molar-refractivity contribution in [2.45, 2.75) is 0 Å². The summed E-state index contributed by atoms with van der Waals surface area (Å²) < 4.78 is 5.44. The van der Waals surface area contributed by atoms with Crippen molar-refractivity contribution in [3.05, 3.63) is 48.5 Å². The number of nitriles is 1. The summed E-state index contributed by atoms with van der Waals surface area (Å²) in [6, 6.07) is 8.88. The monoisotopic (exact) mass is 197 g/mol. The minimum Gasteiger partial charge on any atom is -0.454 e. The molecule has 0 aliphatic carbocycles. The molecule has 0 spiro atoms. The second-order valence-electron chi connectivity index (χ2n) is 2.81. The Morgan fingerprint density at radius 3 is 2.27 bits per heavy atom. The average molecular weight is 197 g/mol. The molecule has 1 aromatic heterocycles. The minimum absolute atomic E-state index is 0.571. The van der Waals surface area contributed by atoms with Crippen LogP contribution in [0.5, 0.6) is 11.5 Å². The lowest BCUT2D eigenvalue weighted by Crippen LogP contribution is -1.86. The zero-order chi connectivity index (χ0) is 10.5. The summed E-state index contributed by atoms with van der Waals surface area (Å²) in [5, 5.41) is 8.61. The third-order valence-electron chi connectivity index (χ3n) is 1.76. The zero-order valence-corrected chi connectivity index (χ0v) is 7.79. The van der Waals surface area contributed by atoms with Crippen molar-refractivity contribution >= 4 is 0 Å². The molecule has 72 valence electrons. The highest BCUT2D eigenvalue weighted by molar-refractivity contribution is 5.36. The van der Waals surface area contributed by atoms with Gasteiger partial charge >= 0.3 is 0 Å². The number of rotatable bonds is 2. The molecule has 1 heterocycles. The smallest absolute Gasteiger partial charge is 0.163 e. The second kappa shape index (κ2) is 4.20. The van der Waals surface area contributed by atoms with Crippen LogP contribution >= 0.6 is 0 Å². The topological polar surface area (TPSA) is 58.8 Å². The quantitative estimate of drug-likeness (QED) is 0.740. The van der Waals surface area contributed by atoms with Gasteiger partial charge in [0.1, 0.15) is 12.1 Å². The van der Waals surface area contributed by atoms with E-state index in [-0.39, 0.29) is 0 Å². The molecule has 0 N–H and O–H groups in total. The van der Waals surface area contributed by atoms with Gasteiger partial charge in [0.2, 0.25) is 0 Å². The normalized spacial score (nSPS) is 9.27. The van der Waals surface area contributed by atoms with E-state index in [9.17, 15) is 0 Å². The third kappa shape index (κ3) is 2.29. The molecule has 1 aromatic carbocycles. The predicted octanol–water partition coefficient (Wildman–Crippen LogP) is 2.14. The number of benzene rings is 1. The molecular formula is C11H7N3O. The van der Waals surface area contributed by atoms with Crippen molar-refractivity contribution in [2.24, 2.45) is 0 Å². The number of hydrogen-bond donors (Lipinski definition) is 0. The van der Waals surface area contributed by atoms with Gasteiger partial charge in [-0.3, -0.25) is 0 Å². The Hall–Kier alpha value is -2.41. The van der Waals surface area contributed by atoms with Gasteiger partial charge in [-0.25, -0.2) is 9.97 Å². The molecular weight excluding hydrogens is 190 g/mol. The van der Waals surface area contributed by atoms with E-state index < -0.39 is 0 Å². The van der Waals surface area contributed by atoms with Crippen molar-refractivity contribution < 1.29 is 4.74 Å². The summed E-state index contributed by atoms with van der Waals surface area (Å²) in [6.07, 6.45) is 4.59. The SMILES string of the molecule is N#Cc1ccc(Oc2cncnc2)cc1. The molecule has 2 rings (SSSR count). The third-order valence-corrected chi connectivity index (χ3v) is 1.76. The Kier molecular flexibility index (Phi) is 2.56. The summed E-state index contributed by atoms with van der Waals surface area (Å²) in [4.78, 5) is 7.65. The molecule has 0 radical (unpaired) electrons. The first-order chi connectivity index (χ1) is 7.38. The van der Waals surface area contributed by atoms with Gasteiger partial charge in [0.15, 0.2) is 5.75 Å². The summed E-state index contributed by atoms with van der Waals surface area (Å²) >= 11 is 0. The maximum atomic E-state index is 8.61. The Balaban J connectivity index is 2.16. The van der Waals surface area contributed by atoms with E-state index in [0.29, 0.717) is 17.1 Å². The van der Waals surface area contributed by atoms with Crippen LogP contribution in [0.4, 0.5) is 0 Å². The maximum Gasteiger partial charge on any atom is 0.163 e. The van der Waals surface area contributed by atoms with E-state index in [0.717, 1.165) is 0 Å². The van der Waals surface area contributed by atoms with Gasteiger partial charge in [-0.05, 0) is 24.3 Å². The molecule has 0 atom stereocenters. The second-order valence-corrected chi connectivity index (χ2v) is 2.81. The fourth-order valence-electron chi connectivity index (χ4n) is 1.07. The van der Waals surface area contributed by atoms with Gasteiger partial charge in [-0.15, -0.1) is 0 Å². The lowest BCUT2D eigenvalue weighted by atomic mass is 10.2. The van der Waals surface area contributed by atoms with Gasteiger partial charge in [-0.2, -0.15) is 5.26 Å².